The summed E-state index contributed by atoms with van der Waals surface area (Å²) in [4.78, 5) is 11.2. The number of primary amides is 1. The molecule has 2 rings (SSSR count). The van der Waals surface area contributed by atoms with Crippen LogP contribution in [0.1, 0.15) is 22.3 Å². The fourth-order valence-corrected chi connectivity index (χ4v) is 3.79. The molecule has 0 radical (unpaired) electrons. The van der Waals surface area contributed by atoms with Crippen LogP contribution < -0.4 is 5.73 Å². The van der Waals surface area contributed by atoms with Gasteiger partial charge in [0, 0.05) is 32.7 Å². The van der Waals surface area contributed by atoms with Gasteiger partial charge in [-0.1, -0.05) is 12.1 Å². The highest BCUT2D eigenvalue weighted by atomic mass is 32.2. The predicted octanol–water partition coefficient (Wildman–Crippen LogP) is 0.456. The first kappa shape index (κ1) is 15.9. The van der Waals surface area contributed by atoms with Gasteiger partial charge < -0.3 is 5.73 Å². The zero-order chi connectivity index (χ0) is 15.6. The molecule has 6 nitrogen and oxygen atoms in total. The van der Waals surface area contributed by atoms with Crippen molar-refractivity contribution in [2.45, 2.75) is 12.8 Å². The summed E-state index contributed by atoms with van der Waals surface area (Å²) in [5.74, 6) is -0.178. The number of carbonyl (C=O) groups is 1. The van der Waals surface area contributed by atoms with Crippen molar-refractivity contribution in [3.63, 3.8) is 0 Å². The number of benzene rings is 1. The van der Waals surface area contributed by atoms with Gasteiger partial charge in [-0.05, 0) is 36.5 Å². The Labute approximate surface area is 125 Å². The summed E-state index contributed by atoms with van der Waals surface area (Å²) in [6.45, 7) is 1.06. The number of hydrogen-bond acceptors (Lipinski definition) is 3. The van der Waals surface area contributed by atoms with E-state index in [1.54, 1.807) is 32.3 Å². The van der Waals surface area contributed by atoms with E-state index in [4.69, 9.17) is 5.73 Å². The molecule has 21 heavy (non-hydrogen) atoms. The average molecular weight is 311 g/mol. The Morgan fingerprint density at radius 3 is 2.76 bits per heavy atom. The highest BCUT2D eigenvalue weighted by molar-refractivity contribution is 7.86. The molecule has 0 aromatic heterocycles. The minimum atomic E-state index is -3.33. The average Bonchev–Trinajstić information content (AvgIpc) is 2.88. The van der Waals surface area contributed by atoms with Gasteiger partial charge in [0.1, 0.15) is 0 Å². The molecular weight excluding hydrogens is 290 g/mol. The molecule has 1 amide bonds. The molecule has 1 atom stereocenters. The highest BCUT2D eigenvalue weighted by Gasteiger charge is 2.32. The van der Waals surface area contributed by atoms with E-state index in [-0.39, 0.29) is 5.92 Å². The third-order valence-corrected chi connectivity index (χ3v) is 5.68. The van der Waals surface area contributed by atoms with Crippen molar-refractivity contribution in [2.24, 2.45) is 11.7 Å². The predicted molar refractivity (Wildman–Crippen MR) is 81.0 cm³/mol. The third-order valence-electron chi connectivity index (χ3n) is 3.77. The molecule has 0 aliphatic carbocycles. The Hall–Kier alpha value is -1.44. The van der Waals surface area contributed by atoms with Gasteiger partial charge >= 0.3 is 0 Å². The molecule has 1 aliphatic rings. The van der Waals surface area contributed by atoms with Gasteiger partial charge in [-0.15, -0.1) is 0 Å². The first-order valence-corrected chi connectivity index (χ1v) is 8.26. The smallest absolute Gasteiger partial charge is 0.281 e. The Bertz CT molecular complexity index is 628. The van der Waals surface area contributed by atoms with Gasteiger partial charge in [-0.25, -0.2) is 0 Å². The maximum absolute atomic E-state index is 12.1. The van der Waals surface area contributed by atoms with Crippen LogP contribution in [0.3, 0.4) is 0 Å². The number of rotatable bonds is 5. The van der Waals surface area contributed by atoms with E-state index in [1.165, 1.54) is 8.61 Å². The van der Waals surface area contributed by atoms with E-state index < -0.39 is 16.1 Å². The van der Waals surface area contributed by atoms with Gasteiger partial charge in [0.25, 0.3) is 10.2 Å². The van der Waals surface area contributed by atoms with Crippen LogP contribution in [-0.2, 0) is 16.6 Å². The Kier molecular flexibility index (Phi) is 4.65. The summed E-state index contributed by atoms with van der Waals surface area (Å²) in [5, 5.41) is 0. The van der Waals surface area contributed by atoms with Crippen molar-refractivity contribution in [1.29, 1.82) is 0 Å². The zero-order valence-corrected chi connectivity index (χ0v) is 13.1. The molecular formula is C14H21N3O3S. The maximum Gasteiger partial charge on any atom is 0.281 e. The van der Waals surface area contributed by atoms with E-state index in [2.05, 4.69) is 0 Å². The molecule has 1 aromatic carbocycles. The van der Waals surface area contributed by atoms with Crippen molar-refractivity contribution in [3.05, 3.63) is 35.4 Å². The minimum absolute atomic E-state index is 0.267. The molecule has 1 heterocycles. The monoisotopic (exact) mass is 311 g/mol. The van der Waals surface area contributed by atoms with E-state index in [1.807, 2.05) is 6.07 Å². The lowest BCUT2D eigenvalue weighted by Gasteiger charge is -2.20. The second-order valence-corrected chi connectivity index (χ2v) is 7.71. The maximum atomic E-state index is 12.1. The highest BCUT2D eigenvalue weighted by Crippen LogP contribution is 2.24. The standard InChI is InChI=1S/C14H21N3O3S/c1-16(2)21(19,20)17-7-6-12(10-17)8-11-4-3-5-13(9-11)14(15)18/h3-5,9,12H,6-8,10H2,1-2H3,(H2,15,18)/t12-/m1/s1. The van der Waals surface area contributed by atoms with Crippen LogP contribution in [0.5, 0.6) is 0 Å². The summed E-state index contributed by atoms with van der Waals surface area (Å²) >= 11 is 0. The van der Waals surface area contributed by atoms with Crippen LogP contribution in [0, 0.1) is 5.92 Å². The lowest BCUT2D eigenvalue weighted by atomic mass is 9.97. The Morgan fingerprint density at radius 2 is 2.14 bits per heavy atom. The summed E-state index contributed by atoms with van der Waals surface area (Å²) in [5.41, 5.74) is 6.77. The molecule has 1 aromatic rings. The van der Waals surface area contributed by atoms with E-state index >= 15 is 0 Å². The number of carbonyl (C=O) groups excluding carboxylic acids is 1. The van der Waals surface area contributed by atoms with Crippen LogP contribution in [0.25, 0.3) is 0 Å². The molecule has 1 saturated heterocycles. The molecule has 0 saturated carbocycles. The lowest BCUT2D eigenvalue weighted by Crippen LogP contribution is -2.38. The van der Waals surface area contributed by atoms with Crippen molar-refractivity contribution in [1.82, 2.24) is 8.61 Å². The van der Waals surface area contributed by atoms with Gasteiger partial charge in [0.2, 0.25) is 5.91 Å². The molecule has 1 aliphatic heterocycles. The number of hydrogen-bond donors (Lipinski definition) is 1. The molecule has 0 bridgehead atoms. The Morgan fingerprint density at radius 1 is 1.43 bits per heavy atom. The summed E-state index contributed by atoms with van der Waals surface area (Å²) in [7, 11) is -0.250. The van der Waals surface area contributed by atoms with Crippen LogP contribution in [0.15, 0.2) is 24.3 Å². The van der Waals surface area contributed by atoms with Crippen LogP contribution in [0.4, 0.5) is 0 Å². The summed E-state index contributed by atoms with van der Waals surface area (Å²) < 4.78 is 26.9. The second-order valence-electron chi connectivity index (χ2n) is 5.57. The van der Waals surface area contributed by atoms with Crippen LogP contribution >= 0.6 is 0 Å². The van der Waals surface area contributed by atoms with Crippen molar-refractivity contribution in [2.75, 3.05) is 27.2 Å². The molecule has 2 N–H and O–H groups in total. The van der Waals surface area contributed by atoms with E-state index in [9.17, 15) is 13.2 Å². The zero-order valence-electron chi connectivity index (χ0n) is 12.3. The molecule has 0 spiro atoms. The minimum Gasteiger partial charge on any atom is -0.366 e. The summed E-state index contributed by atoms with van der Waals surface area (Å²) in [6, 6.07) is 7.21. The van der Waals surface area contributed by atoms with Crippen LogP contribution in [-0.4, -0.2) is 50.1 Å². The largest absolute Gasteiger partial charge is 0.366 e. The number of amides is 1. The number of nitrogens with two attached hydrogens (primary N) is 1. The summed E-state index contributed by atoms with van der Waals surface area (Å²) in [6.07, 6.45) is 1.58. The normalized spacial score (nSPS) is 20.0. The van der Waals surface area contributed by atoms with Gasteiger partial charge in [-0.2, -0.15) is 17.0 Å². The second kappa shape index (κ2) is 6.13. The lowest BCUT2D eigenvalue weighted by molar-refractivity contribution is 0.1000. The van der Waals surface area contributed by atoms with Crippen molar-refractivity contribution >= 4 is 16.1 Å². The first-order valence-electron chi connectivity index (χ1n) is 6.87. The quantitative estimate of drug-likeness (QED) is 0.857. The van der Waals surface area contributed by atoms with Gasteiger partial charge in [0.05, 0.1) is 0 Å². The molecule has 0 unspecified atom stereocenters. The molecule has 7 heteroatoms. The van der Waals surface area contributed by atoms with Crippen molar-refractivity contribution in [3.8, 4) is 0 Å². The molecule has 1 fully saturated rings. The first-order chi connectivity index (χ1) is 9.80. The SMILES string of the molecule is CN(C)S(=O)(=O)N1CC[C@H](Cc2cccc(C(N)=O)c2)C1. The topological polar surface area (TPSA) is 83.7 Å². The number of nitrogens with zero attached hydrogens (tertiary/aromatic N) is 2. The van der Waals surface area contributed by atoms with E-state index in [0.29, 0.717) is 18.7 Å². The van der Waals surface area contributed by atoms with Crippen molar-refractivity contribution < 1.29 is 13.2 Å². The Balaban J connectivity index is 2.03. The van der Waals surface area contributed by atoms with Gasteiger partial charge in [0.15, 0.2) is 0 Å². The fourth-order valence-electron chi connectivity index (χ4n) is 2.59. The van der Waals surface area contributed by atoms with E-state index in [0.717, 1.165) is 18.4 Å². The molecule has 116 valence electrons. The van der Waals surface area contributed by atoms with Gasteiger partial charge in [-0.3, -0.25) is 4.79 Å². The fraction of sp³-hybridized carbons (Fsp3) is 0.500. The third kappa shape index (κ3) is 3.61. The van der Waals surface area contributed by atoms with Crippen LogP contribution in [0.2, 0.25) is 0 Å².